The molecule has 1 saturated heterocycles. The third kappa shape index (κ3) is 4.98. The molecule has 0 aromatic heterocycles. The van der Waals surface area contributed by atoms with Crippen molar-refractivity contribution in [3.8, 4) is 5.75 Å². The lowest BCUT2D eigenvalue weighted by molar-refractivity contribution is -0.115. The number of hydrogen-bond donors (Lipinski definition) is 1. The van der Waals surface area contributed by atoms with E-state index >= 15 is 0 Å². The van der Waals surface area contributed by atoms with Gasteiger partial charge in [-0.2, -0.15) is 0 Å². The summed E-state index contributed by atoms with van der Waals surface area (Å²) < 4.78 is 6.03. The van der Waals surface area contributed by atoms with E-state index in [0.717, 1.165) is 35.9 Å². The third-order valence-corrected chi connectivity index (χ3v) is 5.38. The minimum Gasteiger partial charge on any atom is -0.491 e. The second-order valence-corrected chi connectivity index (χ2v) is 7.79. The molecule has 2 amide bonds. The van der Waals surface area contributed by atoms with Gasteiger partial charge in [0, 0.05) is 0 Å². The molecular weight excluding hydrogens is 334 g/mol. The zero-order valence-corrected chi connectivity index (χ0v) is 15.4. The number of imide groups is 1. The maximum absolute atomic E-state index is 11.6. The fourth-order valence-electron chi connectivity index (χ4n) is 3.20. The number of carbonyl (C=O) groups excluding carboxylic acids is 2. The second-order valence-electron chi connectivity index (χ2n) is 6.78. The average Bonchev–Trinajstić information content (AvgIpc) is 2.89. The largest absolute Gasteiger partial charge is 0.491 e. The Morgan fingerprint density at radius 3 is 2.68 bits per heavy atom. The number of ether oxygens (including phenoxy) is 1. The Bertz CT molecular complexity index is 721. The van der Waals surface area contributed by atoms with E-state index in [9.17, 15) is 9.59 Å². The molecule has 0 radical (unpaired) electrons. The number of thioether (sulfide) groups is 1. The quantitative estimate of drug-likeness (QED) is 0.601. The highest BCUT2D eigenvalue weighted by molar-refractivity contribution is 8.18. The zero-order valence-electron chi connectivity index (χ0n) is 14.6. The van der Waals surface area contributed by atoms with Gasteiger partial charge in [0.05, 0.1) is 11.0 Å². The van der Waals surface area contributed by atoms with Crippen molar-refractivity contribution < 1.29 is 14.3 Å². The SMILES string of the molecule is CC1=CCC(CC(C)Oc2ccc(/C=C3\SC(=O)NC3=O)cc2)CC1. The highest BCUT2D eigenvalue weighted by Gasteiger charge is 2.24. The Morgan fingerprint density at radius 1 is 1.32 bits per heavy atom. The fourth-order valence-corrected chi connectivity index (χ4v) is 3.88. The summed E-state index contributed by atoms with van der Waals surface area (Å²) in [5.74, 6) is 1.20. The van der Waals surface area contributed by atoms with E-state index in [1.807, 2.05) is 24.3 Å². The van der Waals surface area contributed by atoms with Crippen molar-refractivity contribution in [1.29, 1.82) is 0 Å². The van der Waals surface area contributed by atoms with Crippen LogP contribution >= 0.6 is 11.8 Å². The molecule has 0 spiro atoms. The van der Waals surface area contributed by atoms with Crippen LogP contribution in [0.5, 0.6) is 5.75 Å². The first kappa shape index (κ1) is 17.8. The molecule has 1 N–H and O–H groups in total. The van der Waals surface area contributed by atoms with Crippen LogP contribution < -0.4 is 10.1 Å². The molecule has 0 bridgehead atoms. The van der Waals surface area contributed by atoms with Crippen molar-refractivity contribution in [2.24, 2.45) is 5.92 Å². The first-order chi connectivity index (χ1) is 12.0. The van der Waals surface area contributed by atoms with Gasteiger partial charge < -0.3 is 4.74 Å². The number of nitrogens with one attached hydrogen (secondary N) is 1. The molecule has 4 nitrogen and oxygen atoms in total. The molecule has 1 aliphatic heterocycles. The zero-order chi connectivity index (χ0) is 17.8. The van der Waals surface area contributed by atoms with E-state index in [1.54, 1.807) is 6.08 Å². The van der Waals surface area contributed by atoms with Gasteiger partial charge in [-0.15, -0.1) is 0 Å². The minimum atomic E-state index is -0.333. The fraction of sp³-hybridized carbons (Fsp3) is 0.400. The van der Waals surface area contributed by atoms with Crippen LogP contribution in [0.15, 0.2) is 40.8 Å². The predicted octanol–water partition coefficient (Wildman–Crippen LogP) is 4.91. The molecule has 1 fully saturated rings. The summed E-state index contributed by atoms with van der Waals surface area (Å²) in [6, 6.07) is 7.62. The number of rotatable bonds is 5. The van der Waals surface area contributed by atoms with Crippen molar-refractivity contribution in [3.63, 3.8) is 0 Å². The lowest BCUT2D eigenvalue weighted by atomic mass is 9.86. The van der Waals surface area contributed by atoms with E-state index in [0.29, 0.717) is 10.8 Å². The molecule has 0 saturated carbocycles. The monoisotopic (exact) mass is 357 g/mol. The lowest BCUT2D eigenvalue weighted by Gasteiger charge is -2.24. The molecule has 132 valence electrons. The van der Waals surface area contributed by atoms with Crippen LogP contribution in [0.25, 0.3) is 6.08 Å². The molecule has 3 rings (SSSR count). The summed E-state index contributed by atoms with van der Waals surface area (Å²) in [5, 5.41) is 1.93. The summed E-state index contributed by atoms with van der Waals surface area (Å²) in [4.78, 5) is 23.2. The van der Waals surface area contributed by atoms with Crippen molar-refractivity contribution in [3.05, 3.63) is 46.4 Å². The van der Waals surface area contributed by atoms with Gasteiger partial charge in [0.2, 0.25) is 0 Å². The molecule has 1 aromatic rings. The number of hydrogen-bond acceptors (Lipinski definition) is 4. The van der Waals surface area contributed by atoms with Crippen molar-refractivity contribution >= 4 is 29.0 Å². The summed E-state index contributed by atoms with van der Waals surface area (Å²) in [5.41, 5.74) is 2.38. The van der Waals surface area contributed by atoms with Gasteiger partial charge in [0.25, 0.3) is 11.1 Å². The highest BCUT2D eigenvalue weighted by atomic mass is 32.2. The Hall–Kier alpha value is -2.01. The molecule has 2 atom stereocenters. The van der Waals surface area contributed by atoms with Gasteiger partial charge in [0.1, 0.15) is 5.75 Å². The standard InChI is InChI=1S/C20H23NO3S/c1-13-3-5-15(6-4-13)11-14(2)24-17-9-7-16(8-10-17)12-18-19(22)21-20(23)25-18/h3,7-10,12,14-15H,4-6,11H2,1-2H3,(H,21,22,23)/b18-12-. The van der Waals surface area contributed by atoms with Gasteiger partial charge in [-0.1, -0.05) is 23.8 Å². The molecule has 2 unspecified atom stereocenters. The van der Waals surface area contributed by atoms with Gasteiger partial charge >= 0.3 is 0 Å². The van der Waals surface area contributed by atoms with Gasteiger partial charge in [0.15, 0.2) is 0 Å². The molecule has 1 heterocycles. The van der Waals surface area contributed by atoms with Gasteiger partial charge in [-0.05, 0) is 81.0 Å². The van der Waals surface area contributed by atoms with Crippen molar-refractivity contribution in [2.75, 3.05) is 0 Å². The van der Waals surface area contributed by atoms with Crippen molar-refractivity contribution in [1.82, 2.24) is 5.32 Å². The minimum absolute atomic E-state index is 0.176. The van der Waals surface area contributed by atoms with Gasteiger partial charge in [-0.3, -0.25) is 14.9 Å². The van der Waals surface area contributed by atoms with E-state index in [-0.39, 0.29) is 17.3 Å². The first-order valence-corrected chi connectivity index (χ1v) is 9.48. The summed E-state index contributed by atoms with van der Waals surface area (Å²) in [6.07, 6.45) is 8.92. The summed E-state index contributed by atoms with van der Waals surface area (Å²) >= 11 is 0.928. The van der Waals surface area contributed by atoms with Crippen molar-refractivity contribution in [2.45, 2.75) is 45.6 Å². The average molecular weight is 357 g/mol. The Balaban J connectivity index is 1.55. The molecule has 1 aliphatic carbocycles. The lowest BCUT2D eigenvalue weighted by Crippen LogP contribution is -2.18. The highest BCUT2D eigenvalue weighted by Crippen LogP contribution is 2.29. The van der Waals surface area contributed by atoms with Gasteiger partial charge in [-0.25, -0.2) is 0 Å². The van der Waals surface area contributed by atoms with Crippen LogP contribution in [-0.4, -0.2) is 17.3 Å². The summed E-state index contributed by atoms with van der Waals surface area (Å²) in [6.45, 7) is 4.32. The van der Waals surface area contributed by atoms with Crippen LogP contribution in [-0.2, 0) is 4.79 Å². The number of allylic oxidation sites excluding steroid dienone is 2. The Morgan fingerprint density at radius 2 is 2.08 bits per heavy atom. The number of benzene rings is 1. The molecule has 5 heteroatoms. The summed E-state index contributed by atoms with van der Waals surface area (Å²) in [7, 11) is 0. The van der Waals surface area contributed by atoms with E-state index in [1.165, 1.54) is 18.4 Å². The molecular formula is C20H23NO3S. The van der Waals surface area contributed by atoms with E-state index < -0.39 is 0 Å². The molecule has 2 aliphatic rings. The maximum Gasteiger partial charge on any atom is 0.290 e. The Labute approximate surface area is 152 Å². The third-order valence-electron chi connectivity index (χ3n) is 4.57. The normalized spacial score (nSPS) is 23.4. The van der Waals surface area contributed by atoms with Crippen LogP contribution in [0.3, 0.4) is 0 Å². The van der Waals surface area contributed by atoms with Crippen LogP contribution in [0.4, 0.5) is 4.79 Å². The van der Waals surface area contributed by atoms with Crippen LogP contribution in [0.1, 0.15) is 45.1 Å². The Kier molecular flexibility index (Phi) is 5.63. The number of amides is 2. The van der Waals surface area contributed by atoms with E-state index in [4.69, 9.17) is 4.74 Å². The number of carbonyl (C=O) groups is 2. The molecule has 25 heavy (non-hydrogen) atoms. The topological polar surface area (TPSA) is 55.4 Å². The van der Waals surface area contributed by atoms with Crippen LogP contribution in [0.2, 0.25) is 0 Å². The maximum atomic E-state index is 11.6. The molecule has 1 aromatic carbocycles. The van der Waals surface area contributed by atoms with Crippen LogP contribution in [0, 0.1) is 5.92 Å². The van der Waals surface area contributed by atoms with E-state index in [2.05, 4.69) is 25.2 Å². The first-order valence-electron chi connectivity index (χ1n) is 8.67. The second kappa shape index (κ2) is 7.91. The predicted molar refractivity (Wildman–Crippen MR) is 101 cm³/mol. The smallest absolute Gasteiger partial charge is 0.290 e.